The van der Waals surface area contributed by atoms with Crippen LogP contribution in [-0.2, 0) is 17.8 Å². The fourth-order valence-corrected chi connectivity index (χ4v) is 4.00. The van der Waals surface area contributed by atoms with Crippen LogP contribution in [0.1, 0.15) is 29.5 Å². The molecule has 3 aromatic rings. The second-order valence-electron chi connectivity index (χ2n) is 7.25. The minimum Gasteiger partial charge on any atom is -0.496 e. The molecule has 0 N–H and O–H groups in total. The van der Waals surface area contributed by atoms with Crippen molar-refractivity contribution < 1.29 is 9.47 Å². The second kappa shape index (κ2) is 8.47. The largest absolute Gasteiger partial charge is 0.496 e. The van der Waals surface area contributed by atoms with Gasteiger partial charge in [0.05, 0.1) is 24.3 Å². The van der Waals surface area contributed by atoms with Crippen molar-refractivity contribution in [3.63, 3.8) is 0 Å². The molecule has 4 rings (SSSR count). The van der Waals surface area contributed by atoms with Crippen LogP contribution in [0.3, 0.4) is 0 Å². The first-order chi connectivity index (χ1) is 13.8. The van der Waals surface area contributed by atoms with Gasteiger partial charge in [0.1, 0.15) is 11.8 Å². The molecular weight excluding hydrogens is 350 g/mol. The summed E-state index contributed by atoms with van der Waals surface area (Å²) in [7, 11) is 1.71. The summed E-state index contributed by atoms with van der Waals surface area (Å²) in [6.07, 6.45) is 6.51. The molecule has 2 aromatic heterocycles. The number of pyridine rings is 1. The quantitative estimate of drug-likeness (QED) is 0.626. The molecule has 3 heterocycles. The number of rotatable bonds is 7. The van der Waals surface area contributed by atoms with E-state index in [0.29, 0.717) is 6.54 Å². The molecule has 0 radical (unpaired) electrons. The summed E-state index contributed by atoms with van der Waals surface area (Å²) in [6.45, 7) is 3.13. The van der Waals surface area contributed by atoms with Gasteiger partial charge in [0.2, 0.25) is 0 Å². The zero-order valence-corrected chi connectivity index (χ0v) is 16.2. The predicted octanol–water partition coefficient (Wildman–Crippen LogP) is 4.00. The maximum atomic E-state index is 9.75. The normalized spacial score (nSPS) is 16.5. The highest BCUT2D eigenvalue weighted by atomic mass is 16.5. The fraction of sp³-hybridized carbons (Fsp3) is 0.348. The van der Waals surface area contributed by atoms with Crippen molar-refractivity contribution in [2.24, 2.45) is 0 Å². The monoisotopic (exact) mass is 375 g/mol. The van der Waals surface area contributed by atoms with Gasteiger partial charge < -0.3 is 13.9 Å². The Kier molecular flexibility index (Phi) is 5.61. The summed E-state index contributed by atoms with van der Waals surface area (Å²) in [5.41, 5.74) is 3.89. The van der Waals surface area contributed by atoms with Crippen LogP contribution in [0.15, 0.2) is 54.9 Å². The van der Waals surface area contributed by atoms with Crippen molar-refractivity contribution in [3.8, 4) is 11.8 Å². The van der Waals surface area contributed by atoms with E-state index >= 15 is 0 Å². The summed E-state index contributed by atoms with van der Waals surface area (Å²) in [5.74, 6) is 0.891. The standard InChI is InChI=1S/C23H25N3O2/c1-27-23-10-3-2-7-18(23)14-25(17-20-8-6-12-28-20)15-19-16-26-11-5-4-9-22(26)21(19)13-24/h2-5,7,9-11,16,20H,6,8,12,14-15,17H2,1H3. The number of aromatic nitrogens is 1. The molecule has 1 aromatic carbocycles. The predicted molar refractivity (Wildman–Crippen MR) is 108 cm³/mol. The average Bonchev–Trinajstić information content (AvgIpc) is 3.35. The molecule has 1 aliphatic rings. The van der Waals surface area contributed by atoms with Crippen molar-refractivity contribution >= 4 is 5.52 Å². The number of benzene rings is 1. The van der Waals surface area contributed by atoms with Crippen LogP contribution < -0.4 is 4.74 Å². The van der Waals surface area contributed by atoms with Gasteiger partial charge in [-0.1, -0.05) is 24.3 Å². The molecule has 1 saturated heterocycles. The first kappa shape index (κ1) is 18.5. The summed E-state index contributed by atoms with van der Waals surface area (Å²) in [4.78, 5) is 2.36. The molecule has 5 heteroatoms. The van der Waals surface area contributed by atoms with Crippen LogP contribution in [-0.4, -0.2) is 35.7 Å². The molecule has 0 aliphatic carbocycles. The molecule has 0 amide bonds. The minimum atomic E-state index is 0.247. The summed E-state index contributed by atoms with van der Waals surface area (Å²) in [5, 5.41) is 9.75. The number of methoxy groups -OCH3 is 1. The maximum Gasteiger partial charge on any atom is 0.123 e. The minimum absolute atomic E-state index is 0.247. The maximum absolute atomic E-state index is 9.75. The molecule has 1 unspecified atom stereocenters. The highest BCUT2D eigenvalue weighted by molar-refractivity contribution is 5.65. The third kappa shape index (κ3) is 3.89. The zero-order valence-electron chi connectivity index (χ0n) is 16.2. The van der Waals surface area contributed by atoms with E-state index in [4.69, 9.17) is 9.47 Å². The van der Waals surface area contributed by atoms with Crippen molar-refractivity contribution in [1.29, 1.82) is 5.26 Å². The Morgan fingerprint density at radius 3 is 2.79 bits per heavy atom. The zero-order chi connectivity index (χ0) is 19.3. The van der Waals surface area contributed by atoms with Crippen molar-refractivity contribution in [2.45, 2.75) is 32.0 Å². The highest BCUT2D eigenvalue weighted by Gasteiger charge is 2.22. The van der Waals surface area contributed by atoms with Gasteiger partial charge in [0, 0.05) is 49.8 Å². The van der Waals surface area contributed by atoms with Gasteiger partial charge in [-0.15, -0.1) is 0 Å². The third-order valence-electron chi connectivity index (χ3n) is 5.34. The smallest absolute Gasteiger partial charge is 0.123 e. The van der Waals surface area contributed by atoms with Crippen LogP contribution in [0.5, 0.6) is 5.75 Å². The Morgan fingerprint density at radius 1 is 1.18 bits per heavy atom. The van der Waals surface area contributed by atoms with E-state index in [9.17, 15) is 5.26 Å². The molecule has 5 nitrogen and oxygen atoms in total. The van der Waals surface area contributed by atoms with E-state index in [2.05, 4.69) is 23.2 Å². The van der Waals surface area contributed by atoms with Crippen LogP contribution in [0, 0.1) is 11.3 Å². The van der Waals surface area contributed by atoms with Gasteiger partial charge in [0.25, 0.3) is 0 Å². The lowest BCUT2D eigenvalue weighted by molar-refractivity contribution is 0.0676. The Morgan fingerprint density at radius 2 is 2.00 bits per heavy atom. The first-order valence-corrected chi connectivity index (χ1v) is 9.73. The Balaban J connectivity index is 1.63. The summed E-state index contributed by atoms with van der Waals surface area (Å²) in [6, 6.07) is 16.5. The van der Waals surface area contributed by atoms with Gasteiger partial charge in [0.15, 0.2) is 0 Å². The number of fused-ring (bicyclic) bond motifs is 1. The lowest BCUT2D eigenvalue weighted by Crippen LogP contribution is -2.31. The summed E-state index contributed by atoms with van der Waals surface area (Å²) < 4.78 is 13.5. The van der Waals surface area contributed by atoms with Crippen LogP contribution in [0.25, 0.3) is 5.52 Å². The third-order valence-corrected chi connectivity index (χ3v) is 5.34. The number of hydrogen-bond acceptors (Lipinski definition) is 4. The second-order valence-corrected chi connectivity index (χ2v) is 7.25. The summed E-state index contributed by atoms with van der Waals surface area (Å²) >= 11 is 0. The Hall–Kier alpha value is -2.81. The van der Waals surface area contributed by atoms with Gasteiger partial charge >= 0.3 is 0 Å². The van der Waals surface area contributed by atoms with E-state index in [1.165, 1.54) is 0 Å². The van der Waals surface area contributed by atoms with Gasteiger partial charge in [-0.3, -0.25) is 4.90 Å². The van der Waals surface area contributed by atoms with E-state index in [1.807, 2.05) is 47.0 Å². The Labute approximate surface area is 165 Å². The number of nitriles is 1. The number of hydrogen-bond donors (Lipinski definition) is 0. The molecule has 0 bridgehead atoms. The van der Waals surface area contributed by atoms with Crippen molar-refractivity contribution in [3.05, 3.63) is 71.5 Å². The first-order valence-electron chi connectivity index (χ1n) is 9.73. The van der Waals surface area contributed by atoms with E-state index in [1.54, 1.807) is 7.11 Å². The molecule has 0 saturated carbocycles. The topological polar surface area (TPSA) is 49.9 Å². The highest BCUT2D eigenvalue weighted by Crippen LogP contribution is 2.25. The average molecular weight is 375 g/mol. The van der Waals surface area contributed by atoms with E-state index in [-0.39, 0.29) is 6.10 Å². The molecule has 144 valence electrons. The fourth-order valence-electron chi connectivity index (χ4n) is 4.00. The van der Waals surface area contributed by atoms with Crippen molar-refractivity contribution in [1.82, 2.24) is 9.30 Å². The van der Waals surface area contributed by atoms with Gasteiger partial charge in [-0.05, 0) is 31.0 Å². The van der Waals surface area contributed by atoms with Crippen molar-refractivity contribution in [2.75, 3.05) is 20.3 Å². The molecule has 0 spiro atoms. The molecule has 1 fully saturated rings. The molecule has 1 aliphatic heterocycles. The van der Waals surface area contributed by atoms with E-state index in [0.717, 1.165) is 60.5 Å². The van der Waals surface area contributed by atoms with E-state index < -0.39 is 0 Å². The number of para-hydroxylation sites is 1. The van der Waals surface area contributed by atoms with Gasteiger partial charge in [-0.2, -0.15) is 5.26 Å². The molecule has 1 atom stereocenters. The Bertz CT molecular complexity index is 983. The SMILES string of the molecule is COc1ccccc1CN(Cc1cn2ccccc2c1C#N)CC1CCCO1. The number of nitrogens with zero attached hydrogens (tertiary/aromatic N) is 3. The van der Waals surface area contributed by atoms with Crippen LogP contribution >= 0.6 is 0 Å². The molecule has 28 heavy (non-hydrogen) atoms. The van der Waals surface area contributed by atoms with Crippen LogP contribution in [0.4, 0.5) is 0 Å². The number of ether oxygens (including phenoxy) is 2. The lowest BCUT2D eigenvalue weighted by atomic mass is 10.1. The van der Waals surface area contributed by atoms with Gasteiger partial charge in [-0.25, -0.2) is 0 Å². The van der Waals surface area contributed by atoms with Crippen LogP contribution in [0.2, 0.25) is 0 Å². The lowest BCUT2D eigenvalue weighted by Gasteiger charge is -2.26. The molecular formula is C23H25N3O2.